The Morgan fingerprint density at radius 3 is 2.67 bits per heavy atom. The monoisotopic (exact) mass is 396 g/mol. The Morgan fingerprint density at radius 2 is 1.93 bits per heavy atom. The Bertz CT molecular complexity index is 1340. The molecule has 0 saturated carbocycles. The van der Waals surface area contributed by atoms with E-state index in [4.69, 9.17) is 5.73 Å². The molecule has 0 aliphatic carbocycles. The van der Waals surface area contributed by atoms with E-state index in [1.165, 1.54) is 6.33 Å². The predicted molar refractivity (Wildman–Crippen MR) is 117 cm³/mol. The average molecular weight is 396 g/mol. The predicted octanol–water partition coefficient (Wildman–Crippen LogP) is 3.69. The molecule has 3 aromatic heterocycles. The van der Waals surface area contributed by atoms with E-state index < -0.39 is 0 Å². The van der Waals surface area contributed by atoms with Crippen LogP contribution in [0, 0.1) is 18.3 Å². The number of nitrogens with one attached hydrogen (secondary N) is 1. The van der Waals surface area contributed by atoms with Crippen molar-refractivity contribution in [2.75, 3.05) is 11.1 Å². The van der Waals surface area contributed by atoms with E-state index >= 15 is 0 Å². The number of nitriles is 1. The topological polar surface area (TPSA) is 109 Å². The minimum atomic E-state index is -0.319. The zero-order valence-corrected chi connectivity index (χ0v) is 16.6. The van der Waals surface area contributed by atoms with Gasteiger partial charge in [-0.25, -0.2) is 9.97 Å². The van der Waals surface area contributed by atoms with Crippen LogP contribution in [0.3, 0.4) is 0 Å². The van der Waals surface area contributed by atoms with E-state index in [0.29, 0.717) is 11.4 Å². The van der Waals surface area contributed by atoms with Gasteiger partial charge in [-0.05, 0) is 42.7 Å². The van der Waals surface area contributed by atoms with Crippen LogP contribution in [-0.4, -0.2) is 14.4 Å². The first-order chi connectivity index (χ1) is 14.5. The number of pyridine rings is 2. The van der Waals surface area contributed by atoms with Gasteiger partial charge in [0.05, 0.1) is 11.6 Å². The molecule has 4 aromatic rings. The SMILES string of the molecule is Cc1ccc2cc([C@H](C)Nc3ncnc(N)c3C#N)c(-c3ccccc3)c(=O)n2c1. The van der Waals surface area contributed by atoms with Crippen LogP contribution >= 0.6 is 0 Å². The van der Waals surface area contributed by atoms with E-state index in [1.807, 2.05) is 74.6 Å². The van der Waals surface area contributed by atoms with Gasteiger partial charge in [0.25, 0.3) is 5.56 Å². The van der Waals surface area contributed by atoms with Gasteiger partial charge in [0.2, 0.25) is 0 Å². The molecule has 0 bridgehead atoms. The van der Waals surface area contributed by atoms with Gasteiger partial charge in [-0.15, -0.1) is 0 Å². The van der Waals surface area contributed by atoms with Crippen LogP contribution in [0.2, 0.25) is 0 Å². The maximum Gasteiger partial charge on any atom is 0.263 e. The largest absolute Gasteiger partial charge is 0.382 e. The van der Waals surface area contributed by atoms with Crippen molar-refractivity contribution in [3.05, 3.63) is 88.1 Å². The molecular formula is C23H20N6O. The van der Waals surface area contributed by atoms with E-state index in [2.05, 4.69) is 15.3 Å². The lowest BCUT2D eigenvalue weighted by molar-refractivity contribution is 0.865. The van der Waals surface area contributed by atoms with Gasteiger partial charge in [0.15, 0.2) is 0 Å². The molecule has 30 heavy (non-hydrogen) atoms. The standard InChI is InChI=1S/C23H20N6O/c1-14-8-9-17-10-18(15(2)28-22-19(11-24)21(25)26-13-27-22)20(23(30)29(17)12-14)16-6-4-3-5-7-16/h3-10,12-13,15H,1-2H3,(H3,25,26,27,28)/t15-/m0/s1. The summed E-state index contributed by atoms with van der Waals surface area (Å²) in [6.07, 6.45) is 3.15. The highest BCUT2D eigenvalue weighted by Crippen LogP contribution is 2.29. The van der Waals surface area contributed by atoms with Gasteiger partial charge in [0, 0.05) is 11.7 Å². The summed E-state index contributed by atoms with van der Waals surface area (Å²) in [7, 11) is 0. The van der Waals surface area contributed by atoms with E-state index in [0.717, 1.165) is 22.2 Å². The third-order valence-electron chi connectivity index (χ3n) is 5.02. The second-order valence-electron chi connectivity index (χ2n) is 7.11. The molecule has 0 aliphatic heterocycles. The Kier molecular flexibility index (Phi) is 4.90. The van der Waals surface area contributed by atoms with Crippen molar-refractivity contribution in [1.29, 1.82) is 5.26 Å². The molecule has 0 fully saturated rings. The van der Waals surface area contributed by atoms with Gasteiger partial charge in [-0.3, -0.25) is 9.20 Å². The number of hydrogen-bond acceptors (Lipinski definition) is 6. The van der Waals surface area contributed by atoms with Gasteiger partial charge >= 0.3 is 0 Å². The van der Waals surface area contributed by atoms with Gasteiger partial charge in [0.1, 0.15) is 29.6 Å². The molecule has 0 amide bonds. The number of aryl methyl sites for hydroxylation is 1. The fourth-order valence-electron chi connectivity index (χ4n) is 3.53. The normalized spacial score (nSPS) is 11.8. The summed E-state index contributed by atoms with van der Waals surface area (Å²) >= 11 is 0. The minimum absolute atomic E-state index is 0.103. The van der Waals surface area contributed by atoms with Crippen molar-refractivity contribution < 1.29 is 0 Å². The molecule has 7 nitrogen and oxygen atoms in total. The molecule has 3 N–H and O–H groups in total. The van der Waals surface area contributed by atoms with Crippen molar-refractivity contribution >= 4 is 17.2 Å². The quantitative estimate of drug-likeness (QED) is 0.544. The third-order valence-corrected chi connectivity index (χ3v) is 5.02. The van der Waals surface area contributed by atoms with E-state index in [-0.39, 0.29) is 23.0 Å². The lowest BCUT2D eigenvalue weighted by Gasteiger charge is -2.20. The summed E-state index contributed by atoms with van der Waals surface area (Å²) in [5, 5.41) is 12.7. The summed E-state index contributed by atoms with van der Waals surface area (Å²) in [6, 6.07) is 17.1. The highest BCUT2D eigenvalue weighted by Gasteiger charge is 2.20. The minimum Gasteiger partial charge on any atom is -0.382 e. The molecule has 3 heterocycles. The maximum atomic E-state index is 13.5. The molecule has 1 aromatic carbocycles. The van der Waals surface area contributed by atoms with Crippen molar-refractivity contribution in [1.82, 2.24) is 14.4 Å². The van der Waals surface area contributed by atoms with Gasteiger partial charge in [-0.1, -0.05) is 36.4 Å². The van der Waals surface area contributed by atoms with Crippen LogP contribution < -0.4 is 16.6 Å². The van der Waals surface area contributed by atoms with Crippen LogP contribution in [0.5, 0.6) is 0 Å². The number of benzene rings is 1. The summed E-state index contributed by atoms with van der Waals surface area (Å²) < 4.78 is 1.66. The van der Waals surface area contributed by atoms with Gasteiger partial charge < -0.3 is 11.1 Å². The highest BCUT2D eigenvalue weighted by molar-refractivity contribution is 5.72. The van der Waals surface area contributed by atoms with Crippen molar-refractivity contribution in [2.45, 2.75) is 19.9 Å². The highest BCUT2D eigenvalue weighted by atomic mass is 16.1. The molecule has 1 atom stereocenters. The first-order valence-electron chi connectivity index (χ1n) is 9.48. The average Bonchev–Trinajstić information content (AvgIpc) is 2.75. The number of fused-ring (bicyclic) bond motifs is 1. The molecule has 0 spiro atoms. The molecule has 0 unspecified atom stereocenters. The number of hydrogen-bond donors (Lipinski definition) is 2. The summed E-state index contributed by atoms with van der Waals surface area (Å²) in [5.74, 6) is 0.445. The van der Waals surface area contributed by atoms with E-state index in [9.17, 15) is 10.1 Å². The van der Waals surface area contributed by atoms with Crippen LogP contribution in [0.25, 0.3) is 16.6 Å². The maximum absolute atomic E-state index is 13.5. The van der Waals surface area contributed by atoms with Crippen LogP contribution in [0.1, 0.15) is 29.7 Å². The molecule has 0 radical (unpaired) electrons. The van der Waals surface area contributed by atoms with Crippen LogP contribution in [0.15, 0.2) is 65.8 Å². The van der Waals surface area contributed by atoms with Crippen molar-refractivity contribution in [2.24, 2.45) is 0 Å². The number of aromatic nitrogens is 3. The molecule has 148 valence electrons. The second-order valence-corrected chi connectivity index (χ2v) is 7.11. The third kappa shape index (κ3) is 3.35. The second kappa shape index (κ2) is 7.68. The summed E-state index contributed by atoms with van der Waals surface area (Å²) in [4.78, 5) is 21.5. The molecular weight excluding hydrogens is 376 g/mol. The Balaban J connectivity index is 1.92. The number of anilines is 2. The Morgan fingerprint density at radius 1 is 1.17 bits per heavy atom. The zero-order valence-electron chi connectivity index (χ0n) is 16.6. The Hall–Kier alpha value is -4.18. The number of nitrogens with two attached hydrogens (primary N) is 1. The number of rotatable bonds is 4. The fraction of sp³-hybridized carbons (Fsp3) is 0.130. The molecule has 0 saturated heterocycles. The first-order valence-corrected chi connectivity index (χ1v) is 9.48. The summed E-state index contributed by atoms with van der Waals surface area (Å²) in [5.41, 5.74) is 9.90. The molecule has 4 rings (SSSR count). The van der Waals surface area contributed by atoms with Crippen molar-refractivity contribution in [3.8, 4) is 17.2 Å². The number of nitrogens with zero attached hydrogens (tertiary/aromatic N) is 4. The van der Waals surface area contributed by atoms with Crippen LogP contribution in [0.4, 0.5) is 11.6 Å². The first kappa shape index (κ1) is 19.2. The molecule has 7 heteroatoms. The van der Waals surface area contributed by atoms with Crippen LogP contribution in [-0.2, 0) is 0 Å². The lowest BCUT2D eigenvalue weighted by Crippen LogP contribution is -2.21. The number of nitrogen functional groups attached to an aromatic ring is 1. The molecule has 0 aliphatic rings. The van der Waals surface area contributed by atoms with Gasteiger partial charge in [-0.2, -0.15) is 5.26 Å². The smallest absolute Gasteiger partial charge is 0.263 e. The van der Waals surface area contributed by atoms with Crippen molar-refractivity contribution in [3.63, 3.8) is 0 Å². The zero-order chi connectivity index (χ0) is 21.3. The fourth-order valence-corrected chi connectivity index (χ4v) is 3.53. The Labute approximate surface area is 173 Å². The lowest BCUT2D eigenvalue weighted by atomic mass is 9.96. The summed E-state index contributed by atoms with van der Waals surface area (Å²) in [6.45, 7) is 3.88. The van der Waals surface area contributed by atoms with E-state index in [1.54, 1.807) is 4.40 Å².